The highest BCUT2D eigenvalue weighted by molar-refractivity contribution is 5.86. The molecule has 1 atom stereocenters. The topological polar surface area (TPSA) is 77.1 Å². The normalized spacial score (nSPS) is 20.5. The van der Waals surface area contributed by atoms with Crippen molar-refractivity contribution in [1.82, 2.24) is 10.2 Å². The van der Waals surface area contributed by atoms with Gasteiger partial charge >= 0.3 is 6.09 Å². The van der Waals surface area contributed by atoms with Crippen molar-refractivity contribution in [1.29, 1.82) is 0 Å². The Hall–Kier alpha value is -3.13. The van der Waals surface area contributed by atoms with Crippen LogP contribution in [-0.2, 0) is 20.7 Å². The third-order valence-corrected chi connectivity index (χ3v) is 6.92. The molecule has 0 saturated carbocycles. The highest BCUT2D eigenvalue weighted by Crippen LogP contribution is 2.34. The molecule has 2 fully saturated rings. The van der Waals surface area contributed by atoms with Crippen LogP contribution in [0.1, 0.15) is 52.0 Å². The van der Waals surface area contributed by atoms with Crippen LogP contribution < -0.4 is 10.1 Å². The van der Waals surface area contributed by atoms with Crippen molar-refractivity contribution >= 4 is 12.0 Å². The summed E-state index contributed by atoms with van der Waals surface area (Å²) in [4.78, 5) is 27.5. The standard InChI is InChI=1S/C29H37FN2O5/c1-28(2,3)37-27(34)32-15-12-23(13-16-32)31-26(33)29(14-5-17-36-29)19-20-6-8-21(9-7-20)24-18-22(30)10-11-25(24)35-4/h6-11,18,23H,5,12-17,19H2,1-4H3,(H,31,33)/t29-/m1/s1. The summed E-state index contributed by atoms with van der Waals surface area (Å²) in [6.45, 7) is 7.18. The summed E-state index contributed by atoms with van der Waals surface area (Å²) in [5, 5.41) is 3.19. The second-order valence-electron chi connectivity index (χ2n) is 10.9. The quantitative estimate of drug-likeness (QED) is 0.582. The molecule has 4 rings (SSSR count). The molecular formula is C29H37FN2O5. The van der Waals surface area contributed by atoms with E-state index in [1.807, 2.05) is 45.0 Å². The molecule has 0 bridgehead atoms. The van der Waals surface area contributed by atoms with Gasteiger partial charge in [-0.25, -0.2) is 9.18 Å². The van der Waals surface area contributed by atoms with Crippen molar-refractivity contribution in [3.05, 3.63) is 53.8 Å². The third-order valence-electron chi connectivity index (χ3n) is 6.92. The lowest BCUT2D eigenvalue weighted by molar-refractivity contribution is -0.142. The summed E-state index contributed by atoms with van der Waals surface area (Å²) in [5.74, 6) is 0.171. The van der Waals surface area contributed by atoms with Gasteiger partial charge in [-0.3, -0.25) is 4.79 Å². The fourth-order valence-electron chi connectivity index (χ4n) is 4.98. The number of carbonyl (C=O) groups excluding carboxylic acids is 2. The monoisotopic (exact) mass is 512 g/mol. The van der Waals surface area contributed by atoms with Crippen LogP contribution in [-0.4, -0.2) is 61.0 Å². The molecule has 2 amide bonds. The highest BCUT2D eigenvalue weighted by Gasteiger charge is 2.43. The first-order valence-corrected chi connectivity index (χ1v) is 12.9. The van der Waals surface area contributed by atoms with Crippen molar-refractivity contribution in [2.75, 3.05) is 26.8 Å². The van der Waals surface area contributed by atoms with Gasteiger partial charge in [0.05, 0.1) is 7.11 Å². The van der Waals surface area contributed by atoms with Gasteiger partial charge in [0.15, 0.2) is 5.60 Å². The molecule has 0 spiro atoms. The van der Waals surface area contributed by atoms with Crippen LogP contribution in [0.4, 0.5) is 9.18 Å². The van der Waals surface area contributed by atoms with Crippen LogP contribution in [0.25, 0.3) is 11.1 Å². The number of amides is 2. The lowest BCUT2D eigenvalue weighted by atomic mass is 9.89. The number of rotatable bonds is 6. The number of carbonyl (C=O) groups is 2. The van der Waals surface area contributed by atoms with Gasteiger partial charge in [-0.05, 0) is 75.8 Å². The summed E-state index contributed by atoms with van der Waals surface area (Å²) in [6.07, 6.45) is 2.96. The maximum absolute atomic E-state index is 13.8. The van der Waals surface area contributed by atoms with Gasteiger partial charge in [-0.2, -0.15) is 0 Å². The van der Waals surface area contributed by atoms with Gasteiger partial charge in [-0.15, -0.1) is 0 Å². The molecule has 1 N–H and O–H groups in total. The summed E-state index contributed by atoms with van der Waals surface area (Å²) >= 11 is 0. The highest BCUT2D eigenvalue weighted by atomic mass is 19.1. The second-order valence-corrected chi connectivity index (χ2v) is 10.9. The zero-order chi connectivity index (χ0) is 26.6. The molecule has 2 heterocycles. The first kappa shape index (κ1) is 26.9. The van der Waals surface area contributed by atoms with Gasteiger partial charge in [0, 0.05) is 37.7 Å². The minimum absolute atomic E-state index is 0.0184. The van der Waals surface area contributed by atoms with E-state index in [-0.39, 0.29) is 23.9 Å². The molecule has 0 aromatic heterocycles. The van der Waals surface area contributed by atoms with Gasteiger partial charge in [0.25, 0.3) is 5.91 Å². The Kier molecular flexibility index (Phi) is 8.07. The van der Waals surface area contributed by atoms with Gasteiger partial charge in [0.1, 0.15) is 17.2 Å². The average Bonchev–Trinajstić information content (AvgIpc) is 3.33. The van der Waals surface area contributed by atoms with E-state index in [9.17, 15) is 14.0 Å². The number of likely N-dealkylation sites (tertiary alicyclic amines) is 1. The molecule has 2 aromatic carbocycles. The van der Waals surface area contributed by atoms with Gasteiger partial charge in [-0.1, -0.05) is 24.3 Å². The van der Waals surface area contributed by atoms with E-state index in [0.29, 0.717) is 56.7 Å². The molecule has 0 radical (unpaired) electrons. The number of halogens is 1. The number of methoxy groups -OCH3 is 1. The number of hydrogen-bond donors (Lipinski definition) is 1. The van der Waals surface area contributed by atoms with E-state index in [1.165, 1.54) is 12.1 Å². The fourth-order valence-corrected chi connectivity index (χ4v) is 4.98. The SMILES string of the molecule is COc1ccc(F)cc1-c1ccc(C[C@@]2(C(=O)NC3CCN(C(=O)OC(C)(C)C)CC3)CCCO2)cc1. The van der Waals surface area contributed by atoms with Crippen molar-refractivity contribution in [2.24, 2.45) is 0 Å². The molecule has 2 aliphatic rings. The number of benzene rings is 2. The summed E-state index contributed by atoms with van der Waals surface area (Å²) in [5.41, 5.74) is 1.03. The van der Waals surface area contributed by atoms with Crippen molar-refractivity contribution in [3.63, 3.8) is 0 Å². The minimum Gasteiger partial charge on any atom is -0.496 e. The number of nitrogens with one attached hydrogen (secondary N) is 1. The molecule has 2 saturated heterocycles. The smallest absolute Gasteiger partial charge is 0.410 e. The van der Waals surface area contributed by atoms with Crippen molar-refractivity contribution < 1.29 is 28.2 Å². The zero-order valence-electron chi connectivity index (χ0n) is 22.1. The Labute approximate surface area is 218 Å². The maximum Gasteiger partial charge on any atom is 0.410 e. The molecule has 0 unspecified atom stereocenters. The van der Waals surface area contributed by atoms with Crippen LogP contribution >= 0.6 is 0 Å². The lowest BCUT2D eigenvalue weighted by Crippen LogP contribution is -2.54. The van der Waals surface area contributed by atoms with Crippen LogP contribution in [0, 0.1) is 5.82 Å². The van der Waals surface area contributed by atoms with Crippen molar-refractivity contribution in [2.45, 2.75) is 70.1 Å². The second kappa shape index (κ2) is 11.1. The average molecular weight is 513 g/mol. The molecule has 2 aliphatic heterocycles. The van der Waals surface area contributed by atoms with Crippen LogP contribution in [0.3, 0.4) is 0 Å². The molecule has 37 heavy (non-hydrogen) atoms. The molecule has 8 heteroatoms. The van der Waals surface area contributed by atoms with Crippen LogP contribution in [0.5, 0.6) is 5.75 Å². The molecule has 200 valence electrons. The maximum atomic E-state index is 13.8. The number of ether oxygens (including phenoxy) is 3. The first-order chi connectivity index (χ1) is 17.6. The minimum atomic E-state index is -0.916. The Bertz CT molecular complexity index is 1100. The molecule has 7 nitrogen and oxygen atoms in total. The fraction of sp³-hybridized carbons (Fsp3) is 0.517. The van der Waals surface area contributed by atoms with Crippen LogP contribution in [0.15, 0.2) is 42.5 Å². The lowest BCUT2D eigenvalue weighted by Gasteiger charge is -2.35. The van der Waals surface area contributed by atoms with Crippen molar-refractivity contribution in [3.8, 4) is 16.9 Å². The van der Waals surface area contributed by atoms with E-state index in [2.05, 4.69) is 5.32 Å². The van der Waals surface area contributed by atoms with Gasteiger partial charge in [0.2, 0.25) is 0 Å². The largest absolute Gasteiger partial charge is 0.496 e. The third kappa shape index (κ3) is 6.60. The van der Waals surface area contributed by atoms with E-state index in [0.717, 1.165) is 17.5 Å². The summed E-state index contributed by atoms with van der Waals surface area (Å²) < 4.78 is 30.7. The Morgan fingerprint density at radius 2 is 1.84 bits per heavy atom. The van der Waals surface area contributed by atoms with Crippen LogP contribution in [0.2, 0.25) is 0 Å². The molecular weight excluding hydrogens is 475 g/mol. The van der Waals surface area contributed by atoms with E-state index < -0.39 is 11.2 Å². The van der Waals surface area contributed by atoms with E-state index >= 15 is 0 Å². The molecule has 2 aromatic rings. The zero-order valence-corrected chi connectivity index (χ0v) is 22.1. The number of hydrogen-bond acceptors (Lipinski definition) is 5. The first-order valence-electron chi connectivity index (χ1n) is 12.9. The Balaban J connectivity index is 1.39. The number of nitrogens with zero attached hydrogens (tertiary/aromatic N) is 1. The predicted molar refractivity (Wildman–Crippen MR) is 139 cm³/mol. The summed E-state index contributed by atoms with van der Waals surface area (Å²) in [6, 6.07) is 12.2. The van der Waals surface area contributed by atoms with Gasteiger partial charge < -0.3 is 24.4 Å². The predicted octanol–water partition coefficient (Wildman–Crippen LogP) is 5.11. The Morgan fingerprint density at radius 1 is 1.14 bits per heavy atom. The Morgan fingerprint density at radius 3 is 2.43 bits per heavy atom. The van der Waals surface area contributed by atoms with E-state index in [4.69, 9.17) is 14.2 Å². The summed E-state index contributed by atoms with van der Waals surface area (Å²) in [7, 11) is 1.56. The molecule has 0 aliphatic carbocycles. The number of piperidine rings is 1. The van der Waals surface area contributed by atoms with E-state index in [1.54, 1.807) is 18.1 Å².